The van der Waals surface area contributed by atoms with Gasteiger partial charge in [-0.3, -0.25) is 0 Å². The molecule has 0 radical (unpaired) electrons. The Morgan fingerprint density at radius 2 is 2.17 bits per heavy atom. The van der Waals surface area contributed by atoms with Crippen molar-refractivity contribution in [3.8, 4) is 0 Å². The molecule has 6 heteroatoms. The molecule has 2 N–H and O–H groups in total. The lowest BCUT2D eigenvalue weighted by Gasteiger charge is -2.21. The van der Waals surface area contributed by atoms with Gasteiger partial charge in [-0.25, -0.2) is 4.98 Å². The first-order valence-electron chi connectivity index (χ1n) is 6.36. The van der Waals surface area contributed by atoms with Crippen LogP contribution in [0.4, 0.5) is 13.2 Å². The number of halogens is 3. The minimum absolute atomic E-state index is 0.196. The average molecular weight is 261 g/mol. The topological polar surface area (TPSA) is 40.7 Å². The van der Waals surface area contributed by atoms with Crippen LogP contribution >= 0.6 is 0 Å². The number of alkyl halides is 3. The molecule has 1 aromatic heterocycles. The summed E-state index contributed by atoms with van der Waals surface area (Å²) in [5.74, 6) is 0.851. The van der Waals surface area contributed by atoms with E-state index in [0.717, 1.165) is 25.9 Å². The second-order valence-corrected chi connectivity index (χ2v) is 4.78. The summed E-state index contributed by atoms with van der Waals surface area (Å²) in [6.45, 7) is 3.57. The molecule has 102 valence electrons. The summed E-state index contributed by atoms with van der Waals surface area (Å²) in [7, 11) is 0. The molecule has 1 aliphatic rings. The smallest absolute Gasteiger partial charge is 0.345 e. The van der Waals surface area contributed by atoms with Crippen LogP contribution in [0.3, 0.4) is 0 Å². The van der Waals surface area contributed by atoms with Gasteiger partial charge in [-0.2, -0.15) is 13.2 Å². The molecule has 3 nitrogen and oxygen atoms in total. The highest BCUT2D eigenvalue weighted by Gasteiger charge is 2.36. The molecule has 0 saturated carbocycles. The van der Waals surface area contributed by atoms with Gasteiger partial charge in [0.1, 0.15) is 5.82 Å². The van der Waals surface area contributed by atoms with Gasteiger partial charge in [0, 0.05) is 12.1 Å². The van der Waals surface area contributed by atoms with Crippen LogP contribution in [0, 0.1) is 5.92 Å². The zero-order chi connectivity index (χ0) is 13.2. The minimum Gasteiger partial charge on any atom is -0.345 e. The van der Waals surface area contributed by atoms with Gasteiger partial charge in [-0.05, 0) is 38.3 Å². The molecule has 0 amide bonds. The van der Waals surface area contributed by atoms with Crippen molar-refractivity contribution in [3.05, 3.63) is 17.2 Å². The van der Waals surface area contributed by atoms with E-state index >= 15 is 0 Å². The molecule has 2 rings (SSSR count). The lowest BCUT2D eigenvalue weighted by atomic mass is 9.96. The fraction of sp³-hybridized carbons (Fsp3) is 0.750. The van der Waals surface area contributed by atoms with Crippen LogP contribution < -0.4 is 5.32 Å². The van der Waals surface area contributed by atoms with Gasteiger partial charge in [0.25, 0.3) is 0 Å². The summed E-state index contributed by atoms with van der Waals surface area (Å²) in [6, 6.07) is 0. The number of hydrogen-bond acceptors (Lipinski definition) is 2. The molecule has 1 aromatic rings. The Kier molecular flexibility index (Phi) is 3.94. The number of aromatic amines is 1. The summed E-state index contributed by atoms with van der Waals surface area (Å²) in [6.07, 6.45) is -1.31. The van der Waals surface area contributed by atoms with Gasteiger partial charge in [0.15, 0.2) is 5.69 Å². The van der Waals surface area contributed by atoms with E-state index in [1.165, 1.54) is 0 Å². The highest BCUT2D eigenvalue weighted by molar-refractivity contribution is 5.18. The van der Waals surface area contributed by atoms with Crippen molar-refractivity contribution in [1.82, 2.24) is 15.3 Å². The molecule has 0 aromatic carbocycles. The fourth-order valence-electron chi connectivity index (χ4n) is 2.42. The highest BCUT2D eigenvalue weighted by Crippen LogP contribution is 2.31. The van der Waals surface area contributed by atoms with Crippen LogP contribution in [-0.2, 0) is 19.0 Å². The predicted octanol–water partition coefficient (Wildman–Crippen LogP) is 2.53. The third-order valence-electron chi connectivity index (χ3n) is 3.33. The molecular weight excluding hydrogens is 243 g/mol. The van der Waals surface area contributed by atoms with E-state index in [1.807, 2.05) is 0 Å². The first-order chi connectivity index (χ1) is 8.50. The Balaban J connectivity index is 2.11. The maximum atomic E-state index is 12.7. The quantitative estimate of drug-likeness (QED) is 0.877. The normalized spacial score (nSPS) is 21.2. The van der Waals surface area contributed by atoms with Crippen molar-refractivity contribution < 1.29 is 13.2 Å². The van der Waals surface area contributed by atoms with Gasteiger partial charge in [0.2, 0.25) is 0 Å². The number of hydrogen-bond donors (Lipinski definition) is 2. The van der Waals surface area contributed by atoms with E-state index in [0.29, 0.717) is 24.6 Å². The lowest BCUT2D eigenvalue weighted by molar-refractivity contribution is -0.141. The van der Waals surface area contributed by atoms with Crippen molar-refractivity contribution in [1.29, 1.82) is 0 Å². The van der Waals surface area contributed by atoms with E-state index < -0.39 is 11.9 Å². The number of piperidine rings is 1. The predicted molar refractivity (Wildman–Crippen MR) is 62.3 cm³/mol. The second-order valence-electron chi connectivity index (χ2n) is 4.78. The second kappa shape index (κ2) is 5.30. The van der Waals surface area contributed by atoms with E-state index in [-0.39, 0.29) is 5.69 Å². The summed E-state index contributed by atoms with van der Waals surface area (Å²) in [5, 5.41) is 3.26. The van der Waals surface area contributed by atoms with Crippen LogP contribution in [0.25, 0.3) is 0 Å². The maximum absolute atomic E-state index is 12.7. The van der Waals surface area contributed by atoms with Gasteiger partial charge >= 0.3 is 6.18 Å². The number of rotatable bonds is 3. The Labute approximate surface area is 104 Å². The molecule has 0 aliphatic carbocycles. The molecule has 1 aliphatic heterocycles. The van der Waals surface area contributed by atoms with E-state index in [1.54, 1.807) is 6.92 Å². The van der Waals surface area contributed by atoms with E-state index in [4.69, 9.17) is 0 Å². The summed E-state index contributed by atoms with van der Waals surface area (Å²) in [5.41, 5.74) is -0.551. The molecular formula is C12H18F3N3. The van der Waals surface area contributed by atoms with E-state index in [2.05, 4.69) is 15.3 Å². The average Bonchev–Trinajstić information content (AvgIpc) is 2.73. The summed E-state index contributed by atoms with van der Waals surface area (Å²) in [4.78, 5) is 6.56. The zero-order valence-corrected chi connectivity index (χ0v) is 10.4. The van der Waals surface area contributed by atoms with Crippen LogP contribution in [0.1, 0.15) is 37.0 Å². The number of H-pyrrole nitrogens is 1. The van der Waals surface area contributed by atoms with Crippen molar-refractivity contribution in [3.63, 3.8) is 0 Å². The van der Waals surface area contributed by atoms with Crippen molar-refractivity contribution in [2.75, 3.05) is 13.1 Å². The molecule has 0 bridgehead atoms. The van der Waals surface area contributed by atoms with Crippen molar-refractivity contribution in [2.45, 2.75) is 38.8 Å². The number of nitrogens with zero attached hydrogens (tertiary/aromatic N) is 1. The number of nitrogens with one attached hydrogen (secondary N) is 2. The molecule has 1 saturated heterocycles. The van der Waals surface area contributed by atoms with Crippen LogP contribution in [0.5, 0.6) is 0 Å². The number of imidazole rings is 1. The van der Waals surface area contributed by atoms with Crippen molar-refractivity contribution >= 4 is 0 Å². The Bertz CT molecular complexity index is 392. The first-order valence-corrected chi connectivity index (χ1v) is 6.36. The Morgan fingerprint density at radius 3 is 2.67 bits per heavy atom. The standard InChI is InChI=1S/C12H18F3N3/c1-2-9-11(12(13,14)15)18-10(17-9)6-8-4-3-5-16-7-8/h8,16H,2-7H2,1H3,(H,17,18). The van der Waals surface area contributed by atoms with Crippen molar-refractivity contribution in [2.24, 2.45) is 5.92 Å². The van der Waals surface area contributed by atoms with E-state index in [9.17, 15) is 13.2 Å². The number of aryl methyl sites for hydroxylation is 1. The van der Waals surface area contributed by atoms with Gasteiger partial charge < -0.3 is 10.3 Å². The highest BCUT2D eigenvalue weighted by atomic mass is 19.4. The summed E-state index contributed by atoms with van der Waals surface area (Å²) >= 11 is 0. The molecule has 1 fully saturated rings. The first kappa shape index (κ1) is 13.4. The zero-order valence-electron chi connectivity index (χ0n) is 10.4. The molecule has 0 spiro atoms. The maximum Gasteiger partial charge on any atom is 0.435 e. The van der Waals surface area contributed by atoms with Gasteiger partial charge in [-0.1, -0.05) is 6.92 Å². The SMILES string of the molecule is CCc1[nH]c(CC2CCCNC2)nc1C(F)(F)F. The Hall–Kier alpha value is -1.04. The third kappa shape index (κ3) is 3.04. The fourth-order valence-corrected chi connectivity index (χ4v) is 2.42. The molecule has 18 heavy (non-hydrogen) atoms. The van der Waals surface area contributed by atoms with Crippen LogP contribution in [0.2, 0.25) is 0 Å². The van der Waals surface area contributed by atoms with Gasteiger partial charge in [-0.15, -0.1) is 0 Å². The van der Waals surface area contributed by atoms with Gasteiger partial charge in [0.05, 0.1) is 0 Å². The Morgan fingerprint density at radius 1 is 1.39 bits per heavy atom. The largest absolute Gasteiger partial charge is 0.435 e. The third-order valence-corrected chi connectivity index (χ3v) is 3.33. The molecule has 1 atom stereocenters. The monoisotopic (exact) mass is 261 g/mol. The lowest BCUT2D eigenvalue weighted by Crippen LogP contribution is -2.31. The molecule has 2 heterocycles. The number of aromatic nitrogens is 2. The van der Waals surface area contributed by atoms with Crippen LogP contribution in [-0.4, -0.2) is 23.1 Å². The van der Waals surface area contributed by atoms with Crippen LogP contribution in [0.15, 0.2) is 0 Å². The minimum atomic E-state index is -4.36. The molecule has 1 unspecified atom stereocenters. The summed E-state index contributed by atoms with van der Waals surface area (Å²) < 4.78 is 38.2.